The number of halogens is 1. The van der Waals surface area contributed by atoms with Gasteiger partial charge in [0, 0.05) is 0 Å². The van der Waals surface area contributed by atoms with Crippen molar-refractivity contribution in [2.45, 2.75) is 13.3 Å². The lowest BCUT2D eigenvalue weighted by molar-refractivity contribution is -0.141. The fourth-order valence-corrected chi connectivity index (χ4v) is 1.03. The molecule has 0 bridgehead atoms. The standard InChI is InChI=1S/C10H10ClN3O2/c1-2-16-9(15)5-3-4-7-10(12)14-8(11)6-13-7/h6H,2,5H2,1H3,(H2,12,14). The molecule has 0 aromatic carbocycles. The van der Waals surface area contributed by atoms with Crippen LogP contribution in [0.25, 0.3) is 0 Å². The van der Waals surface area contributed by atoms with Crippen LogP contribution < -0.4 is 5.73 Å². The van der Waals surface area contributed by atoms with Crippen LogP contribution in [0.2, 0.25) is 5.15 Å². The number of esters is 1. The molecule has 0 aliphatic rings. The first-order valence-electron chi connectivity index (χ1n) is 4.56. The van der Waals surface area contributed by atoms with Crippen LogP contribution in [-0.2, 0) is 9.53 Å². The summed E-state index contributed by atoms with van der Waals surface area (Å²) in [4.78, 5) is 18.6. The van der Waals surface area contributed by atoms with Crippen LogP contribution >= 0.6 is 11.6 Å². The molecule has 0 saturated heterocycles. The zero-order chi connectivity index (χ0) is 12.0. The van der Waals surface area contributed by atoms with Gasteiger partial charge < -0.3 is 10.5 Å². The molecular weight excluding hydrogens is 230 g/mol. The molecule has 0 fully saturated rings. The summed E-state index contributed by atoms with van der Waals surface area (Å²) in [5.41, 5.74) is 5.82. The van der Waals surface area contributed by atoms with Gasteiger partial charge in [-0.2, -0.15) is 0 Å². The Labute approximate surface area is 98.0 Å². The van der Waals surface area contributed by atoms with Crippen LogP contribution in [0.1, 0.15) is 19.0 Å². The third-order valence-electron chi connectivity index (χ3n) is 1.51. The van der Waals surface area contributed by atoms with Gasteiger partial charge in [-0.25, -0.2) is 9.97 Å². The summed E-state index contributed by atoms with van der Waals surface area (Å²) in [7, 11) is 0. The number of carbonyl (C=O) groups is 1. The lowest BCUT2D eigenvalue weighted by Gasteiger charge is -1.96. The Morgan fingerprint density at radius 3 is 3.06 bits per heavy atom. The summed E-state index contributed by atoms with van der Waals surface area (Å²) in [5.74, 6) is 4.98. The van der Waals surface area contributed by atoms with Crippen molar-refractivity contribution in [3.8, 4) is 11.8 Å². The van der Waals surface area contributed by atoms with Gasteiger partial charge >= 0.3 is 5.97 Å². The van der Waals surface area contributed by atoms with Gasteiger partial charge in [-0.15, -0.1) is 0 Å². The van der Waals surface area contributed by atoms with Crippen molar-refractivity contribution in [1.29, 1.82) is 0 Å². The number of rotatable bonds is 2. The van der Waals surface area contributed by atoms with E-state index >= 15 is 0 Å². The second-order valence-electron chi connectivity index (χ2n) is 2.71. The number of aromatic nitrogens is 2. The Hall–Kier alpha value is -1.80. The topological polar surface area (TPSA) is 78.1 Å². The molecule has 1 aromatic rings. The van der Waals surface area contributed by atoms with E-state index in [0.717, 1.165) is 0 Å². The summed E-state index contributed by atoms with van der Waals surface area (Å²) in [5, 5.41) is 0.202. The highest BCUT2D eigenvalue weighted by molar-refractivity contribution is 6.29. The second kappa shape index (κ2) is 5.93. The van der Waals surface area contributed by atoms with Gasteiger partial charge in [0.2, 0.25) is 0 Å². The highest BCUT2D eigenvalue weighted by Crippen LogP contribution is 2.08. The number of nitrogens with zero attached hydrogens (tertiary/aromatic N) is 2. The minimum atomic E-state index is -0.379. The SMILES string of the molecule is CCOC(=O)CC#Cc1ncc(Cl)nc1N. The zero-order valence-electron chi connectivity index (χ0n) is 8.66. The maximum atomic E-state index is 11.0. The van der Waals surface area contributed by atoms with Gasteiger partial charge in [0.1, 0.15) is 11.6 Å². The number of nitrogens with two attached hydrogens (primary N) is 1. The normalized spacial score (nSPS) is 9.12. The number of anilines is 1. The Bertz CT molecular complexity index is 451. The lowest BCUT2D eigenvalue weighted by Crippen LogP contribution is -2.02. The van der Waals surface area contributed by atoms with Crippen LogP contribution in [0.15, 0.2) is 6.20 Å². The van der Waals surface area contributed by atoms with Crippen LogP contribution in [0.5, 0.6) is 0 Å². The van der Waals surface area contributed by atoms with Gasteiger partial charge in [0.05, 0.1) is 12.8 Å². The third-order valence-corrected chi connectivity index (χ3v) is 1.70. The molecule has 0 spiro atoms. The number of hydrogen-bond acceptors (Lipinski definition) is 5. The Balaban J connectivity index is 2.66. The fourth-order valence-electron chi connectivity index (χ4n) is 0.889. The van der Waals surface area contributed by atoms with Gasteiger partial charge in [-0.3, -0.25) is 4.79 Å². The minimum absolute atomic E-state index is 0.00239. The van der Waals surface area contributed by atoms with Crippen molar-refractivity contribution in [2.75, 3.05) is 12.3 Å². The van der Waals surface area contributed by atoms with E-state index in [1.54, 1.807) is 6.92 Å². The summed E-state index contributed by atoms with van der Waals surface area (Å²) >= 11 is 5.57. The van der Waals surface area contributed by atoms with Crippen molar-refractivity contribution in [1.82, 2.24) is 9.97 Å². The molecule has 5 nitrogen and oxygen atoms in total. The number of hydrogen-bond donors (Lipinski definition) is 1. The largest absolute Gasteiger partial charge is 0.465 e. The number of nitrogen functional groups attached to an aromatic ring is 1. The highest BCUT2D eigenvalue weighted by atomic mass is 35.5. The summed E-state index contributed by atoms with van der Waals surface area (Å²) < 4.78 is 4.70. The zero-order valence-corrected chi connectivity index (χ0v) is 9.41. The Morgan fingerprint density at radius 2 is 2.44 bits per heavy atom. The molecule has 2 N–H and O–H groups in total. The van der Waals surface area contributed by atoms with E-state index in [0.29, 0.717) is 12.3 Å². The molecule has 1 heterocycles. The van der Waals surface area contributed by atoms with Gasteiger partial charge in [-0.05, 0) is 12.8 Å². The predicted octanol–water partition coefficient (Wildman–Crippen LogP) is 1.02. The van der Waals surface area contributed by atoms with Crippen LogP contribution in [-0.4, -0.2) is 22.5 Å². The molecule has 0 unspecified atom stereocenters. The van der Waals surface area contributed by atoms with E-state index in [9.17, 15) is 4.79 Å². The molecule has 0 saturated carbocycles. The van der Waals surface area contributed by atoms with E-state index in [4.69, 9.17) is 22.1 Å². The Kier molecular flexibility index (Phi) is 4.55. The molecule has 1 aromatic heterocycles. The van der Waals surface area contributed by atoms with Gasteiger partial charge in [0.15, 0.2) is 11.5 Å². The molecule has 16 heavy (non-hydrogen) atoms. The van der Waals surface area contributed by atoms with Crippen molar-refractivity contribution in [3.05, 3.63) is 17.0 Å². The van der Waals surface area contributed by atoms with Crippen LogP contribution in [0, 0.1) is 11.8 Å². The smallest absolute Gasteiger partial charge is 0.317 e. The lowest BCUT2D eigenvalue weighted by atomic mass is 10.3. The average Bonchev–Trinajstić information content (AvgIpc) is 2.22. The van der Waals surface area contributed by atoms with Crippen molar-refractivity contribution in [2.24, 2.45) is 0 Å². The average molecular weight is 240 g/mol. The maximum Gasteiger partial charge on any atom is 0.317 e. The van der Waals surface area contributed by atoms with E-state index in [1.165, 1.54) is 6.20 Å². The monoisotopic (exact) mass is 239 g/mol. The van der Waals surface area contributed by atoms with Crippen LogP contribution in [0.3, 0.4) is 0 Å². The first kappa shape index (κ1) is 12.3. The fraction of sp³-hybridized carbons (Fsp3) is 0.300. The predicted molar refractivity (Wildman–Crippen MR) is 59.6 cm³/mol. The van der Waals surface area contributed by atoms with E-state index in [-0.39, 0.29) is 23.4 Å². The first-order chi connectivity index (χ1) is 7.63. The quantitative estimate of drug-likeness (QED) is 0.616. The van der Waals surface area contributed by atoms with E-state index in [1.807, 2.05) is 0 Å². The molecule has 0 radical (unpaired) electrons. The number of ether oxygens (including phenoxy) is 1. The molecule has 0 aliphatic carbocycles. The summed E-state index contributed by atoms with van der Waals surface area (Å²) in [6.45, 7) is 2.07. The molecule has 0 aliphatic heterocycles. The van der Waals surface area contributed by atoms with Crippen LogP contribution in [0.4, 0.5) is 5.82 Å². The van der Waals surface area contributed by atoms with E-state index in [2.05, 4.69) is 21.8 Å². The summed E-state index contributed by atoms with van der Waals surface area (Å²) in [6.07, 6.45) is 1.34. The molecule has 6 heteroatoms. The summed E-state index contributed by atoms with van der Waals surface area (Å²) in [6, 6.07) is 0. The molecule has 1 rings (SSSR count). The Morgan fingerprint density at radius 1 is 1.69 bits per heavy atom. The van der Waals surface area contributed by atoms with Crippen molar-refractivity contribution in [3.63, 3.8) is 0 Å². The maximum absolute atomic E-state index is 11.0. The molecule has 0 atom stereocenters. The van der Waals surface area contributed by atoms with Crippen molar-refractivity contribution < 1.29 is 9.53 Å². The number of carbonyl (C=O) groups excluding carboxylic acids is 1. The van der Waals surface area contributed by atoms with Gasteiger partial charge in [0.25, 0.3) is 0 Å². The molecular formula is C10H10ClN3O2. The second-order valence-corrected chi connectivity index (χ2v) is 3.10. The van der Waals surface area contributed by atoms with E-state index < -0.39 is 0 Å². The molecule has 0 amide bonds. The van der Waals surface area contributed by atoms with Gasteiger partial charge in [-0.1, -0.05) is 17.5 Å². The van der Waals surface area contributed by atoms with Crippen molar-refractivity contribution >= 4 is 23.4 Å². The molecule has 84 valence electrons. The first-order valence-corrected chi connectivity index (χ1v) is 4.93. The minimum Gasteiger partial charge on any atom is -0.465 e. The third kappa shape index (κ3) is 3.75. The highest BCUT2D eigenvalue weighted by Gasteiger charge is 2.00.